The lowest BCUT2D eigenvalue weighted by Crippen LogP contribution is -2.27. The van der Waals surface area contributed by atoms with E-state index in [1.165, 1.54) is 12.1 Å². The highest BCUT2D eigenvalue weighted by Crippen LogP contribution is 2.18. The largest absolute Gasteiger partial charge is 0.384 e. The lowest BCUT2D eigenvalue weighted by molar-refractivity contribution is -0.120. The SMILES string of the molecule is O=C(CCNc1cc(F)cc(F)c1)NC1CC1. The molecule has 92 valence electrons. The third-order valence-electron chi connectivity index (χ3n) is 2.49. The van der Waals surface area contributed by atoms with Gasteiger partial charge in [-0.25, -0.2) is 8.78 Å². The Morgan fingerprint density at radius 3 is 2.47 bits per heavy atom. The van der Waals surface area contributed by atoms with Gasteiger partial charge in [-0.15, -0.1) is 0 Å². The van der Waals surface area contributed by atoms with Crippen molar-refractivity contribution in [3.8, 4) is 0 Å². The van der Waals surface area contributed by atoms with Crippen molar-refractivity contribution in [2.75, 3.05) is 11.9 Å². The number of halogens is 2. The van der Waals surface area contributed by atoms with E-state index >= 15 is 0 Å². The van der Waals surface area contributed by atoms with Crippen LogP contribution in [0, 0.1) is 11.6 Å². The molecule has 5 heteroatoms. The van der Waals surface area contributed by atoms with Gasteiger partial charge in [-0.2, -0.15) is 0 Å². The second-order valence-electron chi connectivity index (χ2n) is 4.18. The average molecular weight is 240 g/mol. The molecule has 2 N–H and O–H groups in total. The lowest BCUT2D eigenvalue weighted by atomic mass is 10.3. The zero-order valence-electron chi connectivity index (χ0n) is 9.30. The predicted molar refractivity (Wildman–Crippen MR) is 60.6 cm³/mol. The number of amides is 1. The summed E-state index contributed by atoms with van der Waals surface area (Å²) in [6, 6.07) is 3.54. The molecule has 2 rings (SSSR count). The predicted octanol–water partition coefficient (Wildman–Crippen LogP) is 2.05. The highest BCUT2D eigenvalue weighted by Gasteiger charge is 2.22. The third-order valence-corrected chi connectivity index (χ3v) is 2.49. The van der Waals surface area contributed by atoms with E-state index in [0.717, 1.165) is 18.9 Å². The Morgan fingerprint density at radius 2 is 1.88 bits per heavy atom. The van der Waals surface area contributed by atoms with Gasteiger partial charge in [0.25, 0.3) is 0 Å². The van der Waals surface area contributed by atoms with Crippen LogP contribution < -0.4 is 10.6 Å². The van der Waals surface area contributed by atoms with Crippen molar-refractivity contribution in [1.82, 2.24) is 5.32 Å². The Labute approximate surface area is 98.2 Å². The molecule has 1 aliphatic carbocycles. The second kappa shape index (κ2) is 5.12. The van der Waals surface area contributed by atoms with Gasteiger partial charge in [0, 0.05) is 30.8 Å². The highest BCUT2D eigenvalue weighted by molar-refractivity contribution is 5.77. The van der Waals surface area contributed by atoms with Crippen molar-refractivity contribution in [2.24, 2.45) is 0 Å². The van der Waals surface area contributed by atoms with Crippen molar-refractivity contribution < 1.29 is 13.6 Å². The van der Waals surface area contributed by atoms with Gasteiger partial charge in [-0.1, -0.05) is 0 Å². The molecule has 3 nitrogen and oxygen atoms in total. The first-order valence-electron chi connectivity index (χ1n) is 5.63. The lowest BCUT2D eigenvalue weighted by Gasteiger charge is -2.07. The molecule has 1 aromatic carbocycles. The van der Waals surface area contributed by atoms with Crippen LogP contribution in [0.25, 0.3) is 0 Å². The first-order valence-corrected chi connectivity index (χ1v) is 5.63. The molecule has 0 spiro atoms. The Bertz CT molecular complexity index is 399. The van der Waals surface area contributed by atoms with Crippen molar-refractivity contribution in [3.63, 3.8) is 0 Å². The maximum absolute atomic E-state index is 12.8. The van der Waals surface area contributed by atoms with Gasteiger partial charge < -0.3 is 10.6 Å². The fraction of sp³-hybridized carbons (Fsp3) is 0.417. The summed E-state index contributed by atoms with van der Waals surface area (Å²) in [5, 5.41) is 5.65. The summed E-state index contributed by atoms with van der Waals surface area (Å²) in [7, 11) is 0. The Balaban J connectivity index is 1.74. The summed E-state index contributed by atoms with van der Waals surface area (Å²) in [5.41, 5.74) is 0.349. The molecule has 0 radical (unpaired) electrons. The molecule has 1 fully saturated rings. The van der Waals surface area contributed by atoms with Crippen LogP contribution in [0.5, 0.6) is 0 Å². The minimum atomic E-state index is -0.630. The zero-order chi connectivity index (χ0) is 12.3. The van der Waals surface area contributed by atoms with E-state index in [1.54, 1.807) is 0 Å². The maximum atomic E-state index is 12.8. The van der Waals surface area contributed by atoms with Crippen LogP contribution in [-0.4, -0.2) is 18.5 Å². The van der Waals surface area contributed by atoms with E-state index < -0.39 is 11.6 Å². The standard InChI is InChI=1S/C12H14F2N2O/c13-8-5-9(14)7-11(6-8)15-4-3-12(17)16-10-1-2-10/h5-7,10,15H,1-4H2,(H,16,17). The molecule has 1 aliphatic rings. The Morgan fingerprint density at radius 1 is 1.24 bits per heavy atom. The molecule has 0 aromatic heterocycles. The highest BCUT2D eigenvalue weighted by atomic mass is 19.1. The number of anilines is 1. The Hall–Kier alpha value is -1.65. The quantitative estimate of drug-likeness (QED) is 0.827. The molecule has 1 saturated carbocycles. The molecule has 0 heterocycles. The van der Waals surface area contributed by atoms with Gasteiger partial charge in [0.1, 0.15) is 11.6 Å². The fourth-order valence-electron chi connectivity index (χ4n) is 1.50. The number of hydrogen-bond donors (Lipinski definition) is 2. The number of nitrogens with one attached hydrogen (secondary N) is 2. The number of rotatable bonds is 5. The van der Waals surface area contributed by atoms with Gasteiger partial charge >= 0.3 is 0 Å². The van der Waals surface area contributed by atoms with E-state index in [-0.39, 0.29) is 5.91 Å². The number of carbonyl (C=O) groups excluding carboxylic acids is 1. The summed E-state index contributed by atoms with van der Waals surface area (Å²) in [6.45, 7) is 0.363. The topological polar surface area (TPSA) is 41.1 Å². The summed E-state index contributed by atoms with van der Waals surface area (Å²) in [4.78, 5) is 11.3. The van der Waals surface area contributed by atoms with Crippen LogP contribution in [0.4, 0.5) is 14.5 Å². The van der Waals surface area contributed by atoms with Gasteiger partial charge in [-0.05, 0) is 25.0 Å². The van der Waals surface area contributed by atoms with Crippen LogP contribution in [0.15, 0.2) is 18.2 Å². The van der Waals surface area contributed by atoms with Crippen LogP contribution >= 0.6 is 0 Å². The molecule has 0 unspecified atom stereocenters. The monoisotopic (exact) mass is 240 g/mol. The molecule has 0 saturated heterocycles. The summed E-state index contributed by atoms with van der Waals surface area (Å²) in [6.07, 6.45) is 2.40. The van der Waals surface area contributed by atoms with Crippen LogP contribution in [0.2, 0.25) is 0 Å². The molecule has 1 aromatic rings. The fourth-order valence-corrected chi connectivity index (χ4v) is 1.50. The summed E-state index contributed by atoms with van der Waals surface area (Å²) < 4.78 is 25.7. The Kier molecular flexibility index (Phi) is 3.56. The smallest absolute Gasteiger partial charge is 0.221 e. The molecule has 17 heavy (non-hydrogen) atoms. The molecular formula is C12H14F2N2O. The van der Waals surface area contributed by atoms with E-state index in [1.807, 2.05) is 0 Å². The number of hydrogen-bond acceptors (Lipinski definition) is 2. The first kappa shape index (κ1) is 11.8. The van der Waals surface area contributed by atoms with Crippen molar-refractivity contribution in [3.05, 3.63) is 29.8 Å². The minimum absolute atomic E-state index is 0.0307. The maximum Gasteiger partial charge on any atom is 0.221 e. The molecule has 0 aliphatic heterocycles. The van der Waals surface area contributed by atoms with Gasteiger partial charge in [0.05, 0.1) is 0 Å². The number of benzene rings is 1. The molecule has 0 atom stereocenters. The average Bonchev–Trinajstić information content (AvgIpc) is 3.00. The summed E-state index contributed by atoms with van der Waals surface area (Å²) >= 11 is 0. The van der Waals surface area contributed by atoms with Gasteiger partial charge in [0.2, 0.25) is 5.91 Å². The van der Waals surface area contributed by atoms with Crippen molar-refractivity contribution in [2.45, 2.75) is 25.3 Å². The zero-order valence-corrected chi connectivity index (χ0v) is 9.30. The van der Waals surface area contributed by atoms with E-state index in [9.17, 15) is 13.6 Å². The van der Waals surface area contributed by atoms with Crippen molar-refractivity contribution >= 4 is 11.6 Å². The van der Waals surface area contributed by atoms with E-state index in [0.29, 0.717) is 24.7 Å². The summed E-state index contributed by atoms with van der Waals surface area (Å²) in [5.74, 6) is -1.29. The van der Waals surface area contributed by atoms with Crippen LogP contribution in [0.3, 0.4) is 0 Å². The van der Waals surface area contributed by atoms with Gasteiger partial charge in [-0.3, -0.25) is 4.79 Å². The van der Waals surface area contributed by atoms with E-state index in [4.69, 9.17) is 0 Å². The minimum Gasteiger partial charge on any atom is -0.384 e. The second-order valence-corrected chi connectivity index (χ2v) is 4.18. The number of carbonyl (C=O) groups is 1. The van der Waals surface area contributed by atoms with Crippen molar-refractivity contribution in [1.29, 1.82) is 0 Å². The normalized spacial score (nSPS) is 14.5. The molecular weight excluding hydrogens is 226 g/mol. The van der Waals surface area contributed by atoms with E-state index in [2.05, 4.69) is 10.6 Å². The van der Waals surface area contributed by atoms with Crippen LogP contribution in [-0.2, 0) is 4.79 Å². The first-order chi connectivity index (χ1) is 8.13. The van der Waals surface area contributed by atoms with Gasteiger partial charge in [0.15, 0.2) is 0 Å². The van der Waals surface area contributed by atoms with Crippen LogP contribution in [0.1, 0.15) is 19.3 Å². The third kappa shape index (κ3) is 4.01. The molecule has 1 amide bonds. The molecule has 0 bridgehead atoms.